The Kier molecular flexibility index (Phi) is 6.10. The van der Waals surface area contributed by atoms with E-state index in [0.717, 1.165) is 28.3 Å². The van der Waals surface area contributed by atoms with Crippen molar-refractivity contribution >= 4 is 28.9 Å². The monoisotopic (exact) mass is 478 g/mol. The van der Waals surface area contributed by atoms with E-state index in [1.54, 1.807) is 18.3 Å². The number of aromatic nitrogens is 3. The third-order valence-corrected chi connectivity index (χ3v) is 6.78. The lowest BCUT2D eigenvalue weighted by atomic mass is 9.78. The van der Waals surface area contributed by atoms with Crippen molar-refractivity contribution in [1.82, 2.24) is 15.0 Å². The minimum atomic E-state index is -4.57. The van der Waals surface area contributed by atoms with E-state index < -0.39 is 29.4 Å². The Bertz CT molecular complexity index is 1180. The van der Waals surface area contributed by atoms with Gasteiger partial charge in [-0.3, -0.25) is 4.79 Å². The summed E-state index contributed by atoms with van der Waals surface area (Å²) >= 11 is 1.27. The third-order valence-electron chi connectivity index (χ3n) is 5.54. The summed E-state index contributed by atoms with van der Waals surface area (Å²) < 4.78 is 38.8. The lowest BCUT2D eigenvalue weighted by Crippen LogP contribution is -2.35. The number of nitrogens with one attached hydrogen (secondary N) is 1. The molecule has 0 bridgehead atoms. The molecule has 1 saturated carbocycles. The molecule has 2 unspecified atom stereocenters. The fourth-order valence-electron chi connectivity index (χ4n) is 3.98. The first kappa shape index (κ1) is 23.1. The van der Waals surface area contributed by atoms with Gasteiger partial charge < -0.3 is 15.5 Å². The molecule has 2 atom stereocenters. The third kappa shape index (κ3) is 5.14. The van der Waals surface area contributed by atoms with Gasteiger partial charge in [-0.25, -0.2) is 15.0 Å². The normalized spacial score (nSPS) is 21.1. The minimum Gasteiger partial charge on any atom is -0.481 e. The molecule has 4 rings (SSSR count). The van der Waals surface area contributed by atoms with Gasteiger partial charge in [0.25, 0.3) is 0 Å². The summed E-state index contributed by atoms with van der Waals surface area (Å²) in [5, 5.41) is 23.7. The van der Waals surface area contributed by atoms with Gasteiger partial charge in [0.05, 0.1) is 10.8 Å². The number of hydrogen-bond acceptors (Lipinski definition) is 7. The maximum atomic E-state index is 12.9. The van der Waals surface area contributed by atoms with Crippen molar-refractivity contribution in [3.63, 3.8) is 0 Å². The number of nitrogens with zero attached hydrogens (tertiary/aromatic N) is 3. The van der Waals surface area contributed by atoms with E-state index >= 15 is 0 Å². The van der Waals surface area contributed by atoms with Crippen LogP contribution in [0, 0.1) is 12.8 Å². The molecule has 0 aliphatic heterocycles. The number of halogens is 3. The highest BCUT2D eigenvalue weighted by molar-refractivity contribution is 7.15. The van der Waals surface area contributed by atoms with Gasteiger partial charge in [0, 0.05) is 18.1 Å². The smallest absolute Gasteiger partial charge is 0.433 e. The Morgan fingerprint density at radius 3 is 2.79 bits per heavy atom. The molecule has 0 spiro atoms. The van der Waals surface area contributed by atoms with Crippen LogP contribution in [0.2, 0.25) is 0 Å². The number of carboxylic acids is 1. The number of rotatable bonds is 5. The van der Waals surface area contributed by atoms with Crippen LogP contribution in [0.25, 0.3) is 10.4 Å². The van der Waals surface area contributed by atoms with E-state index in [-0.39, 0.29) is 12.4 Å². The second kappa shape index (κ2) is 8.71. The van der Waals surface area contributed by atoms with Gasteiger partial charge in [-0.1, -0.05) is 6.07 Å². The van der Waals surface area contributed by atoms with Crippen molar-refractivity contribution in [2.75, 3.05) is 5.32 Å². The minimum absolute atomic E-state index is 0.114. The van der Waals surface area contributed by atoms with Crippen molar-refractivity contribution in [2.45, 2.75) is 44.4 Å². The van der Waals surface area contributed by atoms with Gasteiger partial charge in [-0.2, -0.15) is 13.2 Å². The first-order valence-corrected chi connectivity index (χ1v) is 11.1. The number of carbonyl (C=O) groups is 1. The van der Waals surface area contributed by atoms with Crippen molar-refractivity contribution in [1.29, 1.82) is 0 Å². The molecular weight excluding hydrogens is 457 g/mol. The van der Waals surface area contributed by atoms with E-state index in [2.05, 4.69) is 20.3 Å². The first-order chi connectivity index (χ1) is 15.5. The van der Waals surface area contributed by atoms with Crippen LogP contribution in [-0.2, 0) is 16.6 Å². The molecule has 174 valence electrons. The molecule has 1 aliphatic carbocycles. The molecule has 3 aromatic rings. The lowest BCUT2D eigenvalue weighted by Gasteiger charge is -2.33. The van der Waals surface area contributed by atoms with Gasteiger partial charge in [0.2, 0.25) is 5.95 Å². The summed E-state index contributed by atoms with van der Waals surface area (Å²) in [6, 6.07) is 6.18. The second-order valence-corrected chi connectivity index (χ2v) is 9.20. The average molecular weight is 478 g/mol. The topological polar surface area (TPSA) is 108 Å². The highest BCUT2D eigenvalue weighted by atomic mass is 32.1. The van der Waals surface area contributed by atoms with Crippen LogP contribution < -0.4 is 5.32 Å². The van der Waals surface area contributed by atoms with Gasteiger partial charge in [-0.05, 0) is 61.9 Å². The maximum Gasteiger partial charge on any atom is 0.433 e. The first-order valence-electron chi connectivity index (χ1n) is 10.2. The van der Waals surface area contributed by atoms with Crippen LogP contribution in [-0.4, -0.2) is 31.1 Å². The SMILES string of the molecule is Cc1cc(Nc2nccc(C(F)(F)F)n2)cc(-c2cnc(C3(O)CCCC(C(=O)O)C3)s2)c1. The predicted octanol–water partition coefficient (Wildman–Crippen LogP) is 5.13. The predicted molar refractivity (Wildman–Crippen MR) is 116 cm³/mol. The average Bonchev–Trinajstić information content (AvgIpc) is 3.24. The second-order valence-electron chi connectivity index (χ2n) is 8.17. The molecule has 3 N–H and O–H groups in total. The molecule has 11 heteroatoms. The number of aliphatic carboxylic acids is 1. The van der Waals surface area contributed by atoms with Crippen molar-refractivity contribution < 1.29 is 28.2 Å². The number of thiazole rings is 1. The Morgan fingerprint density at radius 2 is 2.06 bits per heavy atom. The number of alkyl halides is 3. The zero-order valence-corrected chi connectivity index (χ0v) is 18.4. The number of hydrogen-bond donors (Lipinski definition) is 3. The van der Waals surface area contributed by atoms with Gasteiger partial charge in [-0.15, -0.1) is 11.3 Å². The Hall–Kier alpha value is -3.05. The van der Waals surface area contributed by atoms with E-state index in [1.165, 1.54) is 11.3 Å². The standard InChI is InChI=1S/C22H21F3N4O3S/c1-12-7-14(9-15(8-12)28-20-26-6-4-17(29-20)22(23,24)25)16-11-27-19(33-16)21(32)5-2-3-13(10-21)18(30)31/h4,6-9,11,13,32H,2-3,5,10H2,1H3,(H,30,31)(H,26,28,29). The fourth-order valence-corrected chi connectivity index (χ4v) is 5.01. The number of carboxylic acid groups (broad SMARTS) is 1. The van der Waals surface area contributed by atoms with Gasteiger partial charge in [0.15, 0.2) is 0 Å². The summed E-state index contributed by atoms with van der Waals surface area (Å²) in [5.41, 5.74) is -0.232. The molecule has 2 heterocycles. The summed E-state index contributed by atoms with van der Waals surface area (Å²) in [6.07, 6.45) is -0.241. The summed E-state index contributed by atoms with van der Waals surface area (Å²) in [5.74, 6) is -1.71. The Labute approximate surface area is 191 Å². The molecule has 0 saturated heterocycles. The molecule has 7 nitrogen and oxygen atoms in total. The number of anilines is 2. The highest BCUT2D eigenvalue weighted by Crippen LogP contribution is 2.43. The molecule has 2 aromatic heterocycles. The zero-order chi connectivity index (χ0) is 23.8. The maximum absolute atomic E-state index is 12.9. The van der Waals surface area contributed by atoms with E-state index in [1.807, 2.05) is 13.0 Å². The highest BCUT2D eigenvalue weighted by Gasteiger charge is 2.41. The largest absolute Gasteiger partial charge is 0.481 e. The molecule has 1 aromatic carbocycles. The number of aliphatic hydroxyl groups is 1. The molecule has 1 fully saturated rings. The molecule has 33 heavy (non-hydrogen) atoms. The van der Waals surface area contributed by atoms with Crippen LogP contribution >= 0.6 is 11.3 Å². The lowest BCUT2D eigenvalue weighted by molar-refractivity contribution is -0.147. The Balaban J connectivity index is 1.59. The number of aryl methyl sites for hydroxylation is 1. The quantitative estimate of drug-likeness (QED) is 0.466. The van der Waals surface area contributed by atoms with Crippen molar-refractivity contribution in [2.24, 2.45) is 5.92 Å². The summed E-state index contributed by atoms with van der Waals surface area (Å²) in [7, 11) is 0. The Morgan fingerprint density at radius 1 is 1.27 bits per heavy atom. The van der Waals surface area contributed by atoms with Crippen LogP contribution in [0.4, 0.5) is 24.8 Å². The summed E-state index contributed by atoms with van der Waals surface area (Å²) in [6.45, 7) is 1.84. The molecular formula is C22H21F3N4O3S. The molecule has 0 radical (unpaired) electrons. The van der Waals surface area contributed by atoms with E-state index in [9.17, 15) is 28.2 Å². The molecule has 1 aliphatic rings. The fraction of sp³-hybridized carbons (Fsp3) is 0.364. The van der Waals surface area contributed by atoms with Crippen molar-refractivity contribution in [3.8, 4) is 10.4 Å². The van der Waals surface area contributed by atoms with E-state index in [0.29, 0.717) is 30.0 Å². The van der Waals surface area contributed by atoms with Crippen LogP contribution in [0.3, 0.4) is 0 Å². The summed E-state index contributed by atoms with van der Waals surface area (Å²) in [4.78, 5) is 23.9. The van der Waals surface area contributed by atoms with Crippen LogP contribution in [0.5, 0.6) is 0 Å². The van der Waals surface area contributed by atoms with Gasteiger partial charge in [0.1, 0.15) is 16.3 Å². The zero-order valence-electron chi connectivity index (χ0n) is 17.6. The van der Waals surface area contributed by atoms with Crippen LogP contribution in [0.1, 0.15) is 41.9 Å². The number of benzene rings is 1. The van der Waals surface area contributed by atoms with Crippen LogP contribution in [0.15, 0.2) is 36.7 Å². The van der Waals surface area contributed by atoms with Crippen molar-refractivity contribution in [3.05, 3.63) is 52.9 Å². The van der Waals surface area contributed by atoms with Gasteiger partial charge >= 0.3 is 12.1 Å². The molecule has 0 amide bonds. The van der Waals surface area contributed by atoms with E-state index in [4.69, 9.17) is 0 Å².